The Hall–Kier alpha value is -1.40. The molecule has 25 heavy (non-hydrogen) atoms. The molecule has 0 spiro atoms. The van der Waals surface area contributed by atoms with Gasteiger partial charge >= 0.3 is 0 Å². The number of ether oxygens (including phenoxy) is 1. The van der Waals surface area contributed by atoms with Crippen LogP contribution in [0.4, 0.5) is 0 Å². The molecule has 3 rings (SSSR count). The molecule has 0 bridgehead atoms. The molecule has 1 aromatic rings. The van der Waals surface area contributed by atoms with E-state index in [9.17, 15) is 8.42 Å². The minimum absolute atomic E-state index is 0.338. The Kier molecular flexibility index (Phi) is 3.73. The monoisotopic (exact) mass is 364 g/mol. The molecule has 2 heterocycles. The predicted octanol–water partition coefficient (Wildman–Crippen LogP) is 3.31. The van der Waals surface area contributed by atoms with Crippen LogP contribution in [0.5, 0.6) is 0 Å². The van der Waals surface area contributed by atoms with Gasteiger partial charge in [-0.15, -0.1) is 0 Å². The van der Waals surface area contributed by atoms with Crippen molar-refractivity contribution in [2.24, 2.45) is 4.99 Å². The third kappa shape index (κ3) is 2.37. The van der Waals surface area contributed by atoms with Gasteiger partial charge < -0.3 is 4.74 Å². The summed E-state index contributed by atoms with van der Waals surface area (Å²) in [6.45, 7) is 13.5. The van der Waals surface area contributed by atoms with E-state index < -0.39 is 25.8 Å². The van der Waals surface area contributed by atoms with Gasteiger partial charge in [-0.3, -0.25) is 0 Å². The van der Waals surface area contributed by atoms with Gasteiger partial charge in [0.15, 0.2) is 0 Å². The van der Waals surface area contributed by atoms with E-state index in [0.29, 0.717) is 12.5 Å². The standard InChI is InChI=1S/C19H28N2O3S/c1-16(2,3)25(22,23)21-18(6,14-11-9-8-10-12-14)19(21,7)15-20-17(4,5)13-24-15/h8-12H,13H2,1-7H3/t18-,19+,21?/m1/s1. The molecule has 1 unspecified atom stereocenters. The molecular weight excluding hydrogens is 336 g/mol. The van der Waals surface area contributed by atoms with Gasteiger partial charge in [-0.1, -0.05) is 30.3 Å². The maximum Gasteiger partial charge on any atom is 0.220 e. The Morgan fingerprint density at radius 1 is 1.04 bits per heavy atom. The van der Waals surface area contributed by atoms with Gasteiger partial charge in [-0.2, -0.15) is 4.31 Å². The third-order valence-corrected chi connectivity index (χ3v) is 8.20. The molecule has 2 aliphatic heterocycles. The van der Waals surface area contributed by atoms with Gasteiger partial charge in [0, 0.05) is 0 Å². The molecule has 1 aromatic carbocycles. The molecule has 0 N–H and O–H groups in total. The SMILES string of the molecule is CC1(C)COC([C@]2(C)N(S(=O)(=O)C(C)(C)C)[C@]2(C)c2ccccc2)=N1. The summed E-state index contributed by atoms with van der Waals surface area (Å²) in [5.74, 6) is 0.511. The maximum absolute atomic E-state index is 13.4. The van der Waals surface area contributed by atoms with E-state index in [1.807, 2.05) is 58.0 Å². The van der Waals surface area contributed by atoms with E-state index in [-0.39, 0.29) is 5.54 Å². The lowest BCUT2D eigenvalue weighted by atomic mass is 9.89. The molecule has 1 fully saturated rings. The fourth-order valence-corrected chi connectivity index (χ4v) is 5.63. The largest absolute Gasteiger partial charge is 0.477 e. The smallest absolute Gasteiger partial charge is 0.220 e. The molecule has 138 valence electrons. The van der Waals surface area contributed by atoms with Gasteiger partial charge in [-0.05, 0) is 54.0 Å². The molecule has 0 saturated carbocycles. The minimum atomic E-state index is -3.57. The molecule has 0 amide bonds. The summed E-state index contributed by atoms with van der Waals surface area (Å²) < 4.78 is 33.3. The van der Waals surface area contributed by atoms with Gasteiger partial charge in [-0.25, -0.2) is 13.4 Å². The molecule has 3 atom stereocenters. The normalized spacial score (nSPS) is 34.4. The first-order chi connectivity index (χ1) is 11.3. The second-order valence-corrected chi connectivity index (χ2v) is 11.5. The zero-order valence-electron chi connectivity index (χ0n) is 16.1. The van der Waals surface area contributed by atoms with Crippen LogP contribution in [-0.4, -0.2) is 41.1 Å². The van der Waals surface area contributed by atoms with Crippen molar-refractivity contribution in [1.29, 1.82) is 0 Å². The maximum atomic E-state index is 13.4. The molecule has 1 saturated heterocycles. The van der Waals surface area contributed by atoms with Crippen molar-refractivity contribution in [2.45, 2.75) is 69.8 Å². The first-order valence-corrected chi connectivity index (χ1v) is 10.1. The van der Waals surface area contributed by atoms with Crippen molar-refractivity contribution in [2.75, 3.05) is 6.61 Å². The van der Waals surface area contributed by atoms with Crippen molar-refractivity contribution >= 4 is 15.9 Å². The van der Waals surface area contributed by atoms with Gasteiger partial charge in [0.25, 0.3) is 0 Å². The first-order valence-electron chi connectivity index (χ1n) is 8.62. The molecule has 5 nitrogen and oxygen atoms in total. The van der Waals surface area contributed by atoms with Crippen LogP contribution in [0, 0.1) is 0 Å². The summed E-state index contributed by atoms with van der Waals surface area (Å²) in [5.41, 5.74) is -0.940. The van der Waals surface area contributed by atoms with Crippen LogP contribution in [0.3, 0.4) is 0 Å². The van der Waals surface area contributed by atoms with E-state index in [2.05, 4.69) is 0 Å². The predicted molar refractivity (Wildman–Crippen MR) is 100 cm³/mol. The Balaban J connectivity index is 2.19. The molecule has 2 aliphatic rings. The number of benzene rings is 1. The van der Waals surface area contributed by atoms with E-state index >= 15 is 0 Å². The lowest BCUT2D eigenvalue weighted by Crippen LogP contribution is -2.39. The minimum Gasteiger partial charge on any atom is -0.477 e. The Morgan fingerprint density at radius 2 is 1.60 bits per heavy atom. The number of aliphatic imine (C=N–C) groups is 1. The number of rotatable bonds is 3. The summed E-state index contributed by atoms with van der Waals surface area (Å²) in [6.07, 6.45) is 0. The summed E-state index contributed by atoms with van der Waals surface area (Å²) in [7, 11) is -3.57. The molecular formula is C19H28N2O3S. The van der Waals surface area contributed by atoms with Crippen molar-refractivity contribution < 1.29 is 13.2 Å². The Bertz CT molecular complexity index is 824. The summed E-state index contributed by atoms with van der Waals surface area (Å²) >= 11 is 0. The molecule has 6 heteroatoms. The molecule has 0 aromatic heterocycles. The average Bonchev–Trinajstić information content (AvgIpc) is 2.81. The van der Waals surface area contributed by atoms with Crippen molar-refractivity contribution in [1.82, 2.24) is 4.31 Å². The van der Waals surface area contributed by atoms with Crippen LogP contribution in [-0.2, 0) is 20.3 Å². The zero-order valence-corrected chi connectivity index (χ0v) is 16.9. The number of hydrogen-bond acceptors (Lipinski definition) is 4. The third-order valence-electron chi connectivity index (χ3n) is 5.44. The fourth-order valence-electron chi connectivity index (χ4n) is 3.62. The highest BCUT2D eigenvalue weighted by atomic mass is 32.2. The van der Waals surface area contributed by atoms with Crippen LogP contribution in [0.15, 0.2) is 35.3 Å². The van der Waals surface area contributed by atoms with Crippen LogP contribution >= 0.6 is 0 Å². The topological polar surface area (TPSA) is 58.7 Å². The highest BCUT2D eigenvalue weighted by molar-refractivity contribution is 7.90. The van der Waals surface area contributed by atoms with Crippen molar-refractivity contribution in [3.8, 4) is 0 Å². The summed E-state index contributed by atoms with van der Waals surface area (Å²) in [5, 5.41) is 0. The second kappa shape index (κ2) is 5.07. The van der Waals surface area contributed by atoms with Gasteiger partial charge in [0.2, 0.25) is 15.9 Å². The van der Waals surface area contributed by atoms with Crippen molar-refractivity contribution in [3.05, 3.63) is 35.9 Å². The Morgan fingerprint density at radius 3 is 2.04 bits per heavy atom. The van der Waals surface area contributed by atoms with E-state index in [0.717, 1.165) is 5.56 Å². The van der Waals surface area contributed by atoms with Crippen LogP contribution in [0.1, 0.15) is 54.0 Å². The highest BCUT2D eigenvalue weighted by Gasteiger charge is 2.80. The highest BCUT2D eigenvalue weighted by Crippen LogP contribution is 2.63. The van der Waals surface area contributed by atoms with Crippen LogP contribution in [0.2, 0.25) is 0 Å². The number of nitrogens with zero attached hydrogens (tertiary/aromatic N) is 2. The fraction of sp³-hybridized carbons (Fsp3) is 0.632. The lowest BCUT2D eigenvalue weighted by Gasteiger charge is -2.23. The van der Waals surface area contributed by atoms with Crippen molar-refractivity contribution in [3.63, 3.8) is 0 Å². The average molecular weight is 365 g/mol. The Labute approximate surface area is 151 Å². The quantitative estimate of drug-likeness (QED) is 0.773. The van der Waals surface area contributed by atoms with E-state index in [1.165, 1.54) is 0 Å². The summed E-state index contributed by atoms with van der Waals surface area (Å²) in [4.78, 5) is 4.71. The molecule has 0 aliphatic carbocycles. The lowest BCUT2D eigenvalue weighted by molar-refractivity contribution is 0.266. The van der Waals surface area contributed by atoms with Gasteiger partial charge in [0.05, 0.1) is 15.8 Å². The van der Waals surface area contributed by atoms with E-state index in [1.54, 1.807) is 25.1 Å². The second-order valence-electron chi connectivity index (χ2n) is 8.91. The first kappa shape index (κ1) is 18.4. The summed E-state index contributed by atoms with van der Waals surface area (Å²) in [6, 6.07) is 9.74. The number of hydrogen-bond donors (Lipinski definition) is 0. The van der Waals surface area contributed by atoms with E-state index in [4.69, 9.17) is 9.73 Å². The zero-order chi connectivity index (χ0) is 18.9. The van der Waals surface area contributed by atoms with Crippen LogP contribution < -0.4 is 0 Å². The van der Waals surface area contributed by atoms with Crippen LogP contribution in [0.25, 0.3) is 0 Å². The van der Waals surface area contributed by atoms with Gasteiger partial charge in [0.1, 0.15) is 12.1 Å². The molecule has 0 radical (unpaired) electrons. The number of sulfonamides is 1.